The fourth-order valence-corrected chi connectivity index (χ4v) is 2.32. The second kappa shape index (κ2) is 3.98. The van der Waals surface area contributed by atoms with Crippen LogP contribution in [0.15, 0.2) is 46.9 Å². The molecular weight excluding hydrogens is 227 g/mol. The highest BCUT2D eigenvalue weighted by Crippen LogP contribution is 2.33. The molecule has 1 aromatic heterocycles. The summed E-state index contributed by atoms with van der Waals surface area (Å²) in [4.78, 5) is 0. The van der Waals surface area contributed by atoms with Crippen LogP contribution in [-0.4, -0.2) is 0 Å². The fourth-order valence-electron chi connectivity index (χ4n) is 2.32. The van der Waals surface area contributed by atoms with Gasteiger partial charge in [-0.3, -0.25) is 0 Å². The van der Waals surface area contributed by atoms with Crippen LogP contribution in [0.2, 0.25) is 0 Å². The summed E-state index contributed by atoms with van der Waals surface area (Å²) in [6, 6.07) is 12.8. The molecule has 0 aliphatic carbocycles. The molecule has 18 heavy (non-hydrogen) atoms. The van der Waals surface area contributed by atoms with E-state index in [0.29, 0.717) is 0 Å². The van der Waals surface area contributed by atoms with Crippen molar-refractivity contribution in [3.8, 4) is 11.1 Å². The van der Waals surface area contributed by atoms with E-state index in [2.05, 4.69) is 0 Å². The van der Waals surface area contributed by atoms with Crippen molar-refractivity contribution in [2.24, 2.45) is 0 Å². The highest BCUT2D eigenvalue weighted by Gasteiger charge is 2.12. The van der Waals surface area contributed by atoms with Gasteiger partial charge in [-0.2, -0.15) is 0 Å². The van der Waals surface area contributed by atoms with E-state index in [1.54, 1.807) is 0 Å². The molecule has 3 rings (SSSR count). The van der Waals surface area contributed by atoms with Crippen LogP contribution in [0.5, 0.6) is 0 Å². The molecule has 0 N–H and O–H groups in total. The van der Waals surface area contributed by atoms with Gasteiger partial charge < -0.3 is 4.42 Å². The quantitative estimate of drug-likeness (QED) is 0.592. The van der Waals surface area contributed by atoms with E-state index in [1.165, 1.54) is 12.1 Å². The molecule has 0 saturated heterocycles. The number of hydrogen-bond acceptors (Lipinski definition) is 1. The van der Waals surface area contributed by atoms with Crippen LogP contribution in [0.25, 0.3) is 22.1 Å². The summed E-state index contributed by atoms with van der Waals surface area (Å²) in [7, 11) is 0. The standard InChI is InChI=1S/C16H13FO/c1-10-5-3-4-6-14(10)15-9-13(17)8-12-7-11(2)18-16(12)15/h3-9H,1-2H3. The molecule has 0 fully saturated rings. The van der Waals surface area contributed by atoms with Crippen molar-refractivity contribution in [3.05, 3.63) is 59.6 Å². The Kier molecular flexibility index (Phi) is 2.44. The Bertz CT molecular complexity index is 725. The number of hydrogen-bond donors (Lipinski definition) is 0. The van der Waals surface area contributed by atoms with Gasteiger partial charge in [0.15, 0.2) is 0 Å². The van der Waals surface area contributed by atoms with Gasteiger partial charge in [0.05, 0.1) is 0 Å². The third-order valence-corrected chi connectivity index (χ3v) is 3.14. The second-order valence-corrected chi connectivity index (χ2v) is 4.54. The minimum absolute atomic E-state index is 0.235. The summed E-state index contributed by atoms with van der Waals surface area (Å²) in [5.74, 6) is 0.562. The lowest BCUT2D eigenvalue weighted by Crippen LogP contribution is -1.85. The minimum Gasteiger partial charge on any atom is -0.461 e. The Morgan fingerprint density at radius 3 is 2.50 bits per heavy atom. The molecule has 1 heterocycles. The van der Waals surface area contributed by atoms with Gasteiger partial charge in [-0.05, 0) is 43.2 Å². The van der Waals surface area contributed by atoms with Gasteiger partial charge in [0.1, 0.15) is 17.2 Å². The van der Waals surface area contributed by atoms with Crippen LogP contribution >= 0.6 is 0 Å². The number of fused-ring (bicyclic) bond motifs is 1. The van der Waals surface area contributed by atoms with Crippen LogP contribution < -0.4 is 0 Å². The third-order valence-electron chi connectivity index (χ3n) is 3.14. The van der Waals surface area contributed by atoms with Crippen molar-refractivity contribution >= 4 is 11.0 Å². The summed E-state index contributed by atoms with van der Waals surface area (Å²) in [5.41, 5.74) is 3.69. The topological polar surface area (TPSA) is 13.1 Å². The van der Waals surface area contributed by atoms with Crippen molar-refractivity contribution < 1.29 is 8.81 Å². The van der Waals surface area contributed by atoms with Crippen molar-refractivity contribution in [3.63, 3.8) is 0 Å². The maximum absolute atomic E-state index is 13.7. The third kappa shape index (κ3) is 1.70. The van der Waals surface area contributed by atoms with Gasteiger partial charge in [-0.1, -0.05) is 24.3 Å². The number of aryl methyl sites for hydroxylation is 2. The smallest absolute Gasteiger partial charge is 0.142 e. The average Bonchev–Trinajstić information content (AvgIpc) is 2.69. The van der Waals surface area contributed by atoms with Crippen molar-refractivity contribution in [2.75, 3.05) is 0 Å². The summed E-state index contributed by atoms with van der Waals surface area (Å²) in [5, 5.41) is 0.811. The van der Waals surface area contributed by atoms with Crippen molar-refractivity contribution in [2.45, 2.75) is 13.8 Å². The van der Waals surface area contributed by atoms with Gasteiger partial charge in [0.2, 0.25) is 0 Å². The Morgan fingerprint density at radius 1 is 0.944 bits per heavy atom. The first-order valence-corrected chi connectivity index (χ1v) is 5.91. The highest BCUT2D eigenvalue weighted by molar-refractivity contribution is 5.93. The molecule has 0 bridgehead atoms. The molecule has 0 aliphatic rings. The lowest BCUT2D eigenvalue weighted by Gasteiger charge is -2.06. The van der Waals surface area contributed by atoms with E-state index in [9.17, 15) is 4.39 Å². The fraction of sp³-hybridized carbons (Fsp3) is 0.125. The van der Waals surface area contributed by atoms with Gasteiger partial charge in [0.25, 0.3) is 0 Å². The Hall–Kier alpha value is -2.09. The van der Waals surface area contributed by atoms with E-state index < -0.39 is 0 Å². The molecule has 90 valence electrons. The van der Waals surface area contributed by atoms with Crippen LogP contribution in [-0.2, 0) is 0 Å². The maximum Gasteiger partial charge on any atom is 0.142 e. The molecule has 0 spiro atoms. The lowest BCUT2D eigenvalue weighted by molar-refractivity contribution is 0.577. The van der Waals surface area contributed by atoms with E-state index in [0.717, 1.165) is 33.4 Å². The number of halogens is 1. The summed E-state index contributed by atoms with van der Waals surface area (Å²) < 4.78 is 19.4. The minimum atomic E-state index is -0.235. The normalized spacial score (nSPS) is 11.1. The van der Waals surface area contributed by atoms with E-state index in [-0.39, 0.29) is 5.82 Å². The summed E-state index contributed by atoms with van der Waals surface area (Å²) >= 11 is 0. The number of furan rings is 1. The average molecular weight is 240 g/mol. The molecular formula is C16H13FO. The molecule has 0 saturated carbocycles. The molecule has 0 aliphatic heterocycles. The Labute approximate surface area is 105 Å². The largest absolute Gasteiger partial charge is 0.461 e. The number of benzene rings is 2. The lowest BCUT2D eigenvalue weighted by atomic mass is 9.99. The first-order valence-electron chi connectivity index (χ1n) is 5.91. The highest BCUT2D eigenvalue weighted by atomic mass is 19.1. The first kappa shape index (κ1) is 11.0. The Balaban J connectivity index is 2.38. The van der Waals surface area contributed by atoms with Gasteiger partial charge in [-0.25, -0.2) is 4.39 Å². The first-order chi connectivity index (χ1) is 8.65. The monoisotopic (exact) mass is 240 g/mol. The van der Waals surface area contributed by atoms with Crippen molar-refractivity contribution in [1.29, 1.82) is 0 Å². The van der Waals surface area contributed by atoms with Gasteiger partial charge in [0, 0.05) is 10.9 Å². The predicted molar refractivity (Wildman–Crippen MR) is 71.1 cm³/mol. The van der Waals surface area contributed by atoms with Gasteiger partial charge >= 0.3 is 0 Å². The second-order valence-electron chi connectivity index (χ2n) is 4.54. The van der Waals surface area contributed by atoms with Crippen LogP contribution in [0.4, 0.5) is 4.39 Å². The van der Waals surface area contributed by atoms with E-state index in [1.807, 2.05) is 44.2 Å². The Morgan fingerprint density at radius 2 is 1.72 bits per heavy atom. The number of rotatable bonds is 1. The summed E-state index contributed by atoms with van der Waals surface area (Å²) in [6.45, 7) is 3.89. The molecule has 0 unspecified atom stereocenters. The molecule has 0 atom stereocenters. The van der Waals surface area contributed by atoms with Crippen molar-refractivity contribution in [1.82, 2.24) is 0 Å². The van der Waals surface area contributed by atoms with E-state index in [4.69, 9.17) is 4.42 Å². The molecule has 2 aromatic carbocycles. The van der Waals surface area contributed by atoms with E-state index >= 15 is 0 Å². The zero-order chi connectivity index (χ0) is 12.7. The molecule has 0 radical (unpaired) electrons. The van der Waals surface area contributed by atoms with Crippen LogP contribution in [0.1, 0.15) is 11.3 Å². The maximum atomic E-state index is 13.7. The zero-order valence-electron chi connectivity index (χ0n) is 10.3. The SMILES string of the molecule is Cc1cc2cc(F)cc(-c3ccccc3C)c2o1. The molecule has 1 nitrogen and oxygen atoms in total. The van der Waals surface area contributed by atoms with Crippen LogP contribution in [0.3, 0.4) is 0 Å². The zero-order valence-corrected chi connectivity index (χ0v) is 10.3. The molecule has 2 heteroatoms. The molecule has 3 aromatic rings. The molecule has 0 amide bonds. The summed E-state index contributed by atoms with van der Waals surface area (Å²) in [6.07, 6.45) is 0. The van der Waals surface area contributed by atoms with Gasteiger partial charge in [-0.15, -0.1) is 0 Å². The predicted octanol–water partition coefficient (Wildman–Crippen LogP) is 4.86. The van der Waals surface area contributed by atoms with Crippen LogP contribution in [0, 0.1) is 19.7 Å².